The molecule has 2 aliphatic rings. The molecule has 6 rings (SSSR count). The van der Waals surface area contributed by atoms with Gasteiger partial charge in [0, 0.05) is 11.6 Å². The lowest BCUT2D eigenvalue weighted by Crippen LogP contribution is -2.56. The van der Waals surface area contributed by atoms with Gasteiger partial charge < -0.3 is 25.4 Å². The highest BCUT2D eigenvalue weighted by Gasteiger charge is 2.53. The second kappa shape index (κ2) is 12.2. The van der Waals surface area contributed by atoms with E-state index in [9.17, 15) is 4.79 Å². The number of carbonyl (C=O) groups excluding carboxylic acids is 1. The Balaban J connectivity index is 1.49. The Bertz CT molecular complexity index is 1440. The van der Waals surface area contributed by atoms with Crippen LogP contribution in [0.4, 0.5) is 11.4 Å². The molecule has 1 heterocycles. The summed E-state index contributed by atoms with van der Waals surface area (Å²) in [5, 5.41) is 11.2. The van der Waals surface area contributed by atoms with Gasteiger partial charge in [-0.05, 0) is 54.2 Å². The van der Waals surface area contributed by atoms with Crippen LogP contribution in [-0.4, -0.2) is 20.1 Å². The Kier molecular flexibility index (Phi) is 8.04. The maximum atomic E-state index is 15.0. The van der Waals surface area contributed by atoms with Crippen molar-refractivity contribution in [1.82, 2.24) is 5.32 Å². The molecule has 0 saturated heterocycles. The molecule has 1 unspecified atom stereocenters. The molecule has 4 aromatic carbocycles. The van der Waals surface area contributed by atoms with Gasteiger partial charge in [-0.1, -0.05) is 92.1 Å². The first kappa shape index (κ1) is 27.7. The highest BCUT2D eigenvalue weighted by molar-refractivity contribution is 5.87. The van der Waals surface area contributed by atoms with Gasteiger partial charge in [0.05, 0.1) is 37.6 Å². The van der Waals surface area contributed by atoms with Crippen LogP contribution in [0.5, 0.6) is 11.5 Å². The summed E-state index contributed by atoms with van der Waals surface area (Å²) in [5.41, 5.74) is 3.96. The first-order valence-electron chi connectivity index (χ1n) is 14.9. The van der Waals surface area contributed by atoms with Crippen molar-refractivity contribution >= 4 is 17.3 Å². The van der Waals surface area contributed by atoms with Gasteiger partial charge in [0.25, 0.3) is 0 Å². The van der Waals surface area contributed by atoms with Crippen LogP contribution in [0, 0.1) is 11.8 Å². The summed E-state index contributed by atoms with van der Waals surface area (Å²) in [6.07, 6.45) is 5.39. The zero-order valence-corrected chi connectivity index (χ0v) is 24.3. The van der Waals surface area contributed by atoms with Crippen LogP contribution >= 0.6 is 0 Å². The summed E-state index contributed by atoms with van der Waals surface area (Å²) >= 11 is 0. The predicted molar refractivity (Wildman–Crippen MR) is 168 cm³/mol. The van der Waals surface area contributed by atoms with Crippen LogP contribution in [0.1, 0.15) is 54.8 Å². The number of anilines is 2. The van der Waals surface area contributed by atoms with Crippen molar-refractivity contribution in [2.24, 2.45) is 11.8 Å². The van der Waals surface area contributed by atoms with E-state index in [-0.39, 0.29) is 17.9 Å². The lowest BCUT2D eigenvalue weighted by atomic mass is 9.70. The van der Waals surface area contributed by atoms with E-state index in [4.69, 9.17) is 9.47 Å². The molecule has 1 atom stereocenters. The van der Waals surface area contributed by atoms with E-state index in [2.05, 4.69) is 52.3 Å². The number of fused-ring (bicyclic) bond motifs is 1. The van der Waals surface area contributed by atoms with Gasteiger partial charge in [-0.15, -0.1) is 0 Å². The summed E-state index contributed by atoms with van der Waals surface area (Å²) in [4.78, 5) is 15.0. The van der Waals surface area contributed by atoms with E-state index in [0.717, 1.165) is 53.7 Å². The Morgan fingerprint density at radius 1 is 0.762 bits per heavy atom. The van der Waals surface area contributed by atoms with Crippen molar-refractivity contribution in [2.75, 3.05) is 24.9 Å². The minimum atomic E-state index is -0.939. The Morgan fingerprint density at radius 3 is 1.88 bits per heavy atom. The Labute approximate surface area is 248 Å². The van der Waals surface area contributed by atoms with Crippen molar-refractivity contribution in [1.29, 1.82) is 0 Å². The van der Waals surface area contributed by atoms with Gasteiger partial charge in [0.15, 0.2) is 5.66 Å². The quantitative estimate of drug-likeness (QED) is 0.197. The van der Waals surface area contributed by atoms with Crippen LogP contribution in [0.15, 0.2) is 103 Å². The number of benzene rings is 4. The molecule has 216 valence electrons. The fraction of sp³-hybridized carbons (Fsp3) is 0.306. The van der Waals surface area contributed by atoms with Crippen molar-refractivity contribution in [2.45, 2.75) is 43.8 Å². The van der Waals surface area contributed by atoms with Gasteiger partial charge in [-0.3, -0.25) is 4.79 Å². The zero-order valence-electron chi connectivity index (χ0n) is 24.3. The van der Waals surface area contributed by atoms with E-state index in [1.54, 1.807) is 14.2 Å². The molecule has 6 nitrogen and oxygen atoms in total. The van der Waals surface area contributed by atoms with Crippen LogP contribution < -0.4 is 25.4 Å². The molecule has 3 N–H and O–H groups in total. The molecule has 1 amide bonds. The van der Waals surface area contributed by atoms with Gasteiger partial charge in [-0.25, -0.2) is 0 Å². The molecule has 4 aromatic rings. The monoisotopic (exact) mass is 561 g/mol. The second-order valence-electron chi connectivity index (χ2n) is 11.3. The van der Waals surface area contributed by atoms with Crippen LogP contribution in [-0.2, 0) is 10.5 Å². The minimum absolute atomic E-state index is 0.00489. The third kappa shape index (κ3) is 5.29. The number of rotatable bonds is 9. The van der Waals surface area contributed by atoms with Crippen molar-refractivity contribution in [3.8, 4) is 11.5 Å². The van der Waals surface area contributed by atoms with E-state index in [1.807, 2.05) is 66.7 Å². The molecule has 6 heteroatoms. The van der Waals surface area contributed by atoms with Crippen molar-refractivity contribution < 1.29 is 14.3 Å². The molecule has 1 aliphatic carbocycles. The maximum absolute atomic E-state index is 15.0. The molecular weight excluding hydrogens is 522 g/mol. The average Bonchev–Trinajstić information content (AvgIpc) is 3.44. The topological polar surface area (TPSA) is 71.6 Å². The van der Waals surface area contributed by atoms with Crippen molar-refractivity contribution in [3.63, 3.8) is 0 Å². The number of para-hydroxylation sites is 2. The number of hydrogen-bond donors (Lipinski definition) is 3. The van der Waals surface area contributed by atoms with E-state index < -0.39 is 11.6 Å². The van der Waals surface area contributed by atoms with Gasteiger partial charge in [-0.2, -0.15) is 0 Å². The summed E-state index contributed by atoms with van der Waals surface area (Å²) in [5.74, 6) is 1.09. The highest BCUT2D eigenvalue weighted by Crippen LogP contribution is 2.51. The van der Waals surface area contributed by atoms with E-state index >= 15 is 0 Å². The lowest BCUT2D eigenvalue weighted by molar-refractivity contribution is -0.129. The molecule has 42 heavy (non-hydrogen) atoms. The minimum Gasteiger partial charge on any atom is -0.497 e. The smallest absolute Gasteiger partial charge is 0.228 e. The highest BCUT2D eigenvalue weighted by atomic mass is 16.5. The molecule has 1 fully saturated rings. The first-order valence-corrected chi connectivity index (χ1v) is 14.9. The third-order valence-electron chi connectivity index (χ3n) is 8.85. The Hall–Kier alpha value is -4.45. The number of amides is 1. The maximum Gasteiger partial charge on any atom is 0.228 e. The molecule has 0 aromatic heterocycles. The molecule has 0 spiro atoms. The van der Waals surface area contributed by atoms with E-state index in [1.165, 1.54) is 6.42 Å². The van der Waals surface area contributed by atoms with Crippen LogP contribution in [0.25, 0.3) is 0 Å². The van der Waals surface area contributed by atoms with Crippen molar-refractivity contribution in [3.05, 3.63) is 120 Å². The number of carbonyl (C=O) groups is 1. The number of nitrogens with one attached hydrogen (secondary N) is 3. The summed E-state index contributed by atoms with van der Waals surface area (Å²) in [7, 11) is 3.32. The molecule has 0 radical (unpaired) electrons. The number of ether oxygens (including phenoxy) is 2. The van der Waals surface area contributed by atoms with Gasteiger partial charge >= 0.3 is 0 Å². The first-order chi connectivity index (χ1) is 20.6. The molecule has 1 aliphatic heterocycles. The lowest BCUT2D eigenvalue weighted by Gasteiger charge is -2.44. The second-order valence-corrected chi connectivity index (χ2v) is 11.3. The standard InChI is InChI=1S/C36H39N3O3/c1-41-28-22-23-29(32(24-28)42-2)36(38-30-20-12-13-21-31(30)39-36)33(25-14-6-3-7-15-25)35(40)37-34(26-16-8-4-9-17-26)27-18-10-5-11-19-27/h4-5,8-13,16-25,33-34,38-39H,3,6-7,14-15H2,1-2H3,(H,37,40). The normalized spacial score (nSPS) is 16.5. The summed E-state index contributed by atoms with van der Waals surface area (Å²) < 4.78 is 11.5. The Morgan fingerprint density at radius 2 is 1.33 bits per heavy atom. The van der Waals surface area contributed by atoms with Crippen LogP contribution in [0.2, 0.25) is 0 Å². The van der Waals surface area contributed by atoms with Gasteiger partial charge in [0.2, 0.25) is 5.91 Å². The zero-order chi connectivity index (χ0) is 28.9. The third-order valence-corrected chi connectivity index (χ3v) is 8.85. The summed E-state index contributed by atoms with van der Waals surface area (Å²) in [6.45, 7) is 0. The SMILES string of the molecule is COc1ccc(C2(C(C(=O)NC(c3ccccc3)c3ccccc3)C3CCCCC3)Nc3ccccc3N2)c(OC)c1. The predicted octanol–water partition coefficient (Wildman–Crippen LogP) is 7.50. The largest absolute Gasteiger partial charge is 0.497 e. The number of hydrogen-bond acceptors (Lipinski definition) is 5. The molecule has 1 saturated carbocycles. The van der Waals surface area contributed by atoms with Crippen LogP contribution in [0.3, 0.4) is 0 Å². The fourth-order valence-corrected chi connectivity index (χ4v) is 6.85. The average molecular weight is 562 g/mol. The summed E-state index contributed by atoms with van der Waals surface area (Å²) in [6, 6.07) is 34.2. The van der Waals surface area contributed by atoms with Gasteiger partial charge in [0.1, 0.15) is 11.5 Å². The molecule has 0 bridgehead atoms. The number of methoxy groups -OCH3 is 2. The molecular formula is C36H39N3O3. The van der Waals surface area contributed by atoms with E-state index in [0.29, 0.717) is 11.5 Å². The fourth-order valence-electron chi connectivity index (χ4n) is 6.85.